The van der Waals surface area contributed by atoms with E-state index in [1.165, 1.54) is 6.08 Å². The molecule has 0 unspecified atom stereocenters. The molecule has 2 amide bonds. The first-order chi connectivity index (χ1) is 9.92. The zero-order valence-electron chi connectivity index (χ0n) is 10.8. The molecule has 1 fully saturated rings. The number of amides is 2. The number of hydrogen-bond acceptors (Lipinski definition) is 4. The predicted molar refractivity (Wildman–Crippen MR) is 89.9 cm³/mol. The number of benzene rings is 1. The molecule has 110 valence electrons. The Kier molecular flexibility index (Phi) is 5.13. The molecule has 21 heavy (non-hydrogen) atoms. The molecule has 8 heteroatoms. The summed E-state index contributed by atoms with van der Waals surface area (Å²) in [5.41, 5.74) is 0.570. The molecule has 1 aliphatic rings. The summed E-state index contributed by atoms with van der Waals surface area (Å²) in [5.74, 6) is -0.522. The smallest absolute Gasteiger partial charge is 0.263 e. The molecule has 0 aliphatic carbocycles. The highest BCUT2D eigenvalue weighted by Gasteiger charge is 2.26. The summed E-state index contributed by atoms with van der Waals surface area (Å²) in [4.78, 5) is 23.7. The standard InChI is InChI=1S/C13H10Br2N2O3S/c1-2-20-10-6(3-7(14)5-9(10)15)4-8-11(18)16-13(21)17-12(8)19/h3-5H,2H2,1H3,(H2,16,17,18,19,21). The summed E-state index contributed by atoms with van der Waals surface area (Å²) in [6.07, 6.45) is 1.47. The van der Waals surface area contributed by atoms with E-state index in [9.17, 15) is 9.59 Å². The zero-order chi connectivity index (χ0) is 15.6. The third kappa shape index (κ3) is 3.69. The van der Waals surface area contributed by atoms with Crippen LogP contribution >= 0.6 is 44.1 Å². The number of ether oxygens (including phenoxy) is 1. The fourth-order valence-electron chi connectivity index (χ4n) is 1.75. The molecular weight excluding hydrogens is 424 g/mol. The van der Waals surface area contributed by atoms with E-state index in [4.69, 9.17) is 17.0 Å². The van der Waals surface area contributed by atoms with Gasteiger partial charge in [-0.25, -0.2) is 0 Å². The van der Waals surface area contributed by atoms with Gasteiger partial charge in [0.25, 0.3) is 11.8 Å². The third-order valence-electron chi connectivity index (χ3n) is 2.57. The molecule has 0 aromatic heterocycles. The first kappa shape index (κ1) is 16.1. The molecule has 0 spiro atoms. The van der Waals surface area contributed by atoms with Crippen LogP contribution in [0.4, 0.5) is 0 Å². The lowest BCUT2D eigenvalue weighted by atomic mass is 10.1. The maximum absolute atomic E-state index is 11.9. The Morgan fingerprint density at radius 2 is 1.86 bits per heavy atom. The molecule has 0 atom stereocenters. The maximum Gasteiger partial charge on any atom is 0.263 e. The second kappa shape index (κ2) is 6.67. The normalized spacial score (nSPS) is 14.6. The van der Waals surface area contributed by atoms with Gasteiger partial charge in [0.15, 0.2) is 5.11 Å². The lowest BCUT2D eigenvalue weighted by molar-refractivity contribution is -0.123. The fraction of sp³-hybridized carbons (Fsp3) is 0.154. The van der Waals surface area contributed by atoms with E-state index < -0.39 is 11.8 Å². The highest BCUT2D eigenvalue weighted by Crippen LogP contribution is 2.34. The Hall–Kier alpha value is -1.25. The molecule has 1 aromatic rings. The molecule has 0 saturated carbocycles. The minimum Gasteiger partial charge on any atom is -0.492 e. The minimum atomic E-state index is -0.540. The average Bonchev–Trinajstić information content (AvgIpc) is 2.37. The number of rotatable bonds is 3. The van der Waals surface area contributed by atoms with E-state index in [2.05, 4.69) is 42.5 Å². The van der Waals surface area contributed by atoms with Crippen LogP contribution in [0.25, 0.3) is 6.08 Å². The van der Waals surface area contributed by atoms with Crippen molar-refractivity contribution < 1.29 is 14.3 Å². The van der Waals surface area contributed by atoms with Crippen molar-refractivity contribution in [2.45, 2.75) is 6.92 Å². The van der Waals surface area contributed by atoms with Gasteiger partial charge in [-0.3, -0.25) is 20.2 Å². The van der Waals surface area contributed by atoms with Crippen LogP contribution in [-0.4, -0.2) is 23.5 Å². The molecule has 1 heterocycles. The summed E-state index contributed by atoms with van der Waals surface area (Å²) in [5, 5.41) is 4.78. The zero-order valence-corrected chi connectivity index (χ0v) is 14.8. The molecule has 2 rings (SSSR count). The summed E-state index contributed by atoms with van der Waals surface area (Å²) < 4.78 is 7.06. The summed E-state index contributed by atoms with van der Waals surface area (Å²) in [6.45, 7) is 2.31. The predicted octanol–water partition coefficient (Wildman–Crippen LogP) is 2.52. The van der Waals surface area contributed by atoms with Gasteiger partial charge in [0.05, 0.1) is 11.1 Å². The molecule has 5 nitrogen and oxygen atoms in total. The molecule has 1 aliphatic heterocycles. The van der Waals surface area contributed by atoms with Gasteiger partial charge >= 0.3 is 0 Å². The largest absolute Gasteiger partial charge is 0.492 e. The van der Waals surface area contributed by atoms with Gasteiger partial charge in [-0.05, 0) is 53.3 Å². The second-order valence-electron chi connectivity index (χ2n) is 4.03. The fourth-order valence-corrected chi connectivity index (χ4v) is 3.30. The summed E-state index contributed by atoms with van der Waals surface area (Å²) >= 11 is 11.5. The minimum absolute atomic E-state index is 0.00241. The highest BCUT2D eigenvalue weighted by atomic mass is 79.9. The average molecular weight is 434 g/mol. The van der Waals surface area contributed by atoms with E-state index in [0.29, 0.717) is 17.9 Å². The first-order valence-electron chi connectivity index (χ1n) is 5.92. The van der Waals surface area contributed by atoms with Crippen LogP contribution in [0.5, 0.6) is 5.75 Å². The van der Waals surface area contributed by atoms with Crippen LogP contribution in [0.2, 0.25) is 0 Å². The van der Waals surface area contributed by atoms with Crippen molar-refractivity contribution in [2.24, 2.45) is 0 Å². The van der Waals surface area contributed by atoms with E-state index >= 15 is 0 Å². The number of thiocarbonyl (C=S) groups is 1. The second-order valence-corrected chi connectivity index (χ2v) is 6.21. The Bertz CT molecular complexity index is 652. The molecule has 1 aromatic carbocycles. The number of nitrogens with one attached hydrogen (secondary N) is 2. The highest BCUT2D eigenvalue weighted by molar-refractivity contribution is 9.11. The number of halogens is 2. The summed E-state index contributed by atoms with van der Waals surface area (Å²) in [6, 6.07) is 3.58. The van der Waals surface area contributed by atoms with Gasteiger partial charge < -0.3 is 4.74 Å². The van der Waals surface area contributed by atoms with Crippen LogP contribution < -0.4 is 15.4 Å². The Morgan fingerprint density at radius 1 is 1.24 bits per heavy atom. The number of carbonyl (C=O) groups excluding carboxylic acids is 2. The van der Waals surface area contributed by atoms with Crippen LogP contribution in [0.1, 0.15) is 12.5 Å². The lowest BCUT2D eigenvalue weighted by Crippen LogP contribution is -2.51. The van der Waals surface area contributed by atoms with Crippen molar-refractivity contribution in [1.82, 2.24) is 10.6 Å². The van der Waals surface area contributed by atoms with Crippen molar-refractivity contribution in [1.29, 1.82) is 0 Å². The topological polar surface area (TPSA) is 67.4 Å². The van der Waals surface area contributed by atoms with Gasteiger partial charge in [-0.2, -0.15) is 0 Å². The molecule has 0 radical (unpaired) electrons. The Labute approximate surface area is 143 Å². The SMILES string of the molecule is CCOc1c(Br)cc(Br)cc1C=C1C(=O)NC(=S)NC1=O. The van der Waals surface area contributed by atoms with E-state index in [1.807, 2.05) is 13.0 Å². The van der Waals surface area contributed by atoms with Crippen LogP contribution in [0.3, 0.4) is 0 Å². The number of hydrogen-bond donors (Lipinski definition) is 2. The van der Waals surface area contributed by atoms with E-state index in [0.717, 1.165) is 8.95 Å². The van der Waals surface area contributed by atoms with Gasteiger partial charge in [0.1, 0.15) is 11.3 Å². The van der Waals surface area contributed by atoms with Crippen molar-refractivity contribution in [3.8, 4) is 5.75 Å². The Balaban J connectivity index is 2.51. The molecular formula is C13H10Br2N2O3S. The third-order valence-corrected chi connectivity index (χ3v) is 3.82. The Morgan fingerprint density at radius 3 is 2.43 bits per heavy atom. The van der Waals surface area contributed by atoms with Gasteiger partial charge in [-0.1, -0.05) is 15.9 Å². The van der Waals surface area contributed by atoms with Crippen molar-refractivity contribution in [3.05, 3.63) is 32.2 Å². The first-order valence-corrected chi connectivity index (χ1v) is 7.92. The van der Waals surface area contributed by atoms with Gasteiger partial charge in [0.2, 0.25) is 0 Å². The lowest BCUT2D eigenvalue weighted by Gasteiger charge is -2.17. The number of carbonyl (C=O) groups is 2. The quantitative estimate of drug-likeness (QED) is 0.436. The molecule has 0 bridgehead atoms. The molecule has 1 saturated heterocycles. The maximum atomic E-state index is 11.9. The monoisotopic (exact) mass is 432 g/mol. The van der Waals surface area contributed by atoms with Crippen LogP contribution in [0.15, 0.2) is 26.7 Å². The van der Waals surface area contributed by atoms with Crippen LogP contribution in [0, 0.1) is 0 Å². The van der Waals surface area contributed by atoms with Crippen LogP contribution in [-0.2, 0) is 9.59 Å². The van der Waals surface area contributed by atoms with Crippen molar-refractivity contribution in [2.75, 3.05) is 6.61 Å². The van der Waals surface area contributed by atoms with Crippen molar-refractivity contribution in [3.63, 3.8) is 0 Å². The van der Waals surface area contributed by atoms with E-state index in [1.54, 1.807) is 6.07 Å². The summed E-state index contributed by atoms with van der Waals surface area (Å²) in [7, 11) is 0. The molecule has 2 N–H and O–H groups in total. The van der Waals surface area contributed by atoms with Gasteiger partial charge in [0, 0.05) is 10.0 Å². The van der Waals surface area contributed by atoms with Crippen molar-refractivity contribution >= 4 is 67.1 Å². The van der Waals surface area contributed by atoms with E-state index in [-0.39, 0.29) is 10.7 Å². The van der Waals surface area contributed by atoms with Gasteiger partial charge in [-0.15, -0.1) is 0 Å².